The average Bonchev–Trinajstić information content (AvgIpc) is 3.56. The van der Waals surface area contributed by atoms with E-state index >= 15 is 0 Å². The van der Waals surface area contributed by atoms with Crippen molar-refractivity contribution in [3.63, 3.8) is 0 Å². The van der Waals surface area contributed by atoms with E-state index in [2.05, 4.69) is 15.6 Å². The highest BCUT2D eigenvalue weighted by atomic mass is 19.4. The molecule has 1 aliphatic carbocycles. The van der Waals surface area contributed by atoms with Gasteiger partial charge in [-0.15, -0.1) is 0 Å². The molecule has 2 aromatic rings. The van der Waals surface area contributed by atoms with E-state index in [-0.39, 0.29) is 17.9 Å². The fraction of sp³-hybridized carbons (Fsp3) is 0.435. The maximum absolute atomic E-state index is 12.9. The molecule has 2 N–H and O–H groups in total. The van der Waals surface area contributed by atoms with E-state index in [1.165, 1.54) is 6.07 Å². The summed E-state index contributed by atoms with van der Waals surface area (Å²) in [5.41, 5.74) is 2.01. The van der Waals surface area contributed by atoms with E-state index in [0.717, 1.165) is 41.9 Å². The number of alkyl halides is 3. The maximum Gasteiger partial charge on any atom is 0.417 e. The van der Waals surface area contributed by atoms with Crippen LogP contribution >= 0.6 is 0 Å². The molecule has 0 unspecified atom stereocenters. The van der Waals surface area contributed by atoms with Crippen molar-refractivity contribution in [2.45, 2.75) is 38.0 Å². The van der Waals surface area contributed by atoms with E-state index in [1.807, 2.05) is 23.1 Å². The lowest BCUT2D eigenvalue weighted by Gasteiger charge is -2.41. The van der Waals surface area contributed by atoms with Gasteiger partial charge in [-0.2, -0.15) is 13.2 Å². The number of rotatable bonds is 4. The number of hydrogen-bond donors (Lipinski definition) is 2. The Labute approximate surface area is 189 Å². The number of aromatic nitrogens is 1. The van der Waals surface area contributed by atoms with Crippen molar-refractivity contribution >= 4 is 23.4 Å². The Morgan fingerprint density at radius 1 is 1.06 bits per heavy atom. The van der Waals surface area contributed by atoms with Gasteiger partial charge in [-0.1, -0.05) is 12.1 Å². The number of nitrogens with zero attached hydrogens (tertiary/aromatic N) is 3. The molecule has 0 radical (unpaired) electrons. The third-order valence-corrected chi connectivity index (χ3v) is 6.35. The molecule has 1 aromatic carbocycles. The maximum atomic E-state index is 12.9. The van der Waals surface area contributed by atoms with E-state index < -0.39 is 11.7 Å². The van der Waals surface area contributed by atoms with Crippen molar-refractivity contribution in [1.29, 1.82) is 0 Å². The summed E-state index contributed by atoms with van der Waals surface area (Å²) in [4.78, 5) is 32.4. The molecule has 2 fully saturated rings. The largest absolute Gasteiger partial charge is 0.417 e. The van der Waals surface area contributed by atoms with Gasteiger partial charge in [-0.3, -0.25) is 4.79 Å². The van der Waals surface area contributed by atoms with Crippen LogP contribution < -0.4 is 10.6 Å². The van der Waals surface area contributed by atoms with Gasteiger partial charge in [-0.25, -0.2) is 9.78 Å². The van der Waals surface area contributed by atoms with Gasteiger partial charge in [0.25, 0.3) is 0 Å². The topological polar surface area (TPSA) is 77.6 Å². The minimum absolute atomic E-state index is 0.0545. The van der Waals surface area contributed by atoms with Crippen molar-refractivity contribution in [3.05, 3.63) is 53.2 Å². The number of carbonyl (C=O) groups is 2. The lowest BCUT2D eigenvalue weighted by Crippen LogP contribution is -2.59. The van der Waals surface area contributed by atoms with E-state index in [1.54, 1.807) is 4.90 Å². The lowest BCUT2D eigenvalue weighted by atomic mass is 9.94. The third kappa shape index (κ3) is 4.60. The van der Waals surface area contributed by atoms with Crippen LogP contribution in [0.1, 0.15) is 29.5 Å². The summed E-state index contributed by atoms with van der Waals surface area (Å²) in [7, 11) is 0. The Morgan fingerprint density at radius 3 is 2.52 bits per heavy atom. The molecule has 33 heavy (non-hydrogen) atoms. The van der Waals surface area contributed by atoms with Gasteiger partial charge < -0.3 is 20.4 Å². The van der Waals surface area contributed by atoms with Gasteiger partial charge >= 0.3 is 12.2 Å². The number of urea groups is 1. The zero-order chi connectivity index (χ0) is 23.2. The molecule has 1 saturated carbocycles. The smallest absolute Gasteiger partial charge is 0.340 e. The van der Waals surface area contributed by atoms with Crippen LogP contribution in [0, 0.1) is 5.92 Å². The number of pyridine rings is 1. The third-order valence-electron chi connectivity index (χ3n) is 6.35. The van der Waals surface area contributed by atoms with Crippen molar-refractivity contribution in [1.82, 2.24) is 20.1 Å². The highest BCUT2D eigenvalue weighted by Crippen LogP contribution is 2.32. The zero-order valence-corrected chi connectivity index (χ0v) is 17.9. The Morgan fingerprint density at radius 2 is 1.85 bits per heavy atom. The summed E-state index contributed by atoms with van der Waals surface area (Å²) in [6.07, 6.45) is -0.928. The quantitative estimate of drug-likeness (QED) is 0.734. The first kappa shape index (κ1) is 21.5. The number of carbonyl (C=O) groups excluding carboxylic acids is 2. The van der Waals surface area contributed by atoms with E-state index in [0.29, 0.717) is 44.5 Å². The summed E-state index contributed by atoms with van der Waals surface area (Å²) >= 11 is 0. The number of anilines is 2. The molecule has 10 heteroatoms. The standard InChI is InChI=1S/C23H24F3N5O2/c24-23(25,26)16-4-7-20(27-10-16)29-19-3-1-2-14-11-30(9-8-18(14)19)21(32)15-12-31(13-15)22(33)28-17-5-6-17/h1-4,7,10,15,17H,5-6,8-9,11-13H2,(H,27,29)(H,28,33). The summed E-state index contributed by atoms with van der Waals surface area (Å²) in [6, 6.07) is 8.19. The number of fused-ring (bicyclic) bond motifs is 1. The molecule has 1 aromatic heterocycles. The molecule has 7 nitrogen and oxygen atoms in total. The molecule has 5 rings (SSSR count). The minimum Gasteiger partial charge on any atom is -0.340 e. The number of hydrogen-bond acceptors (Lipinski definition) is 4. The molecule has 1 saturated heterocycles. The van der Waals surface area contributed by atoms with Crippen LogP contribution in [0.2, 0.25) is 0 Å². The summed E-state index contributed by atoms with van der Waals surface area (Å²) < 4.78 is 38.3. The highest BCUT2D eigenvalue weighted by molar-refractivity contribution is 5.84. The molecular formula is C23H24F3N5O2. The number of halogens is 3. The number of benzene rings is 1. The molecule has 3 amide bonds. The van der Waals surface area contributed by atoms with Crippen molar-refractivity contribution in [2.75, 3.05) is 25.0 Å². The average molecular weight is 459 g/mol. The van der Waals surface area contributed by atoms with Gasteiger partial charge in [0, 0.05) is 44.1 Å². The summed E-state index contributed by atoms with van der Waals surface area (Å²) in [5, 5.41) is 6.04. The SMILES string of the molecule is O=C(NC1CC1)N1CC(C(=O)N2CCc3c(cccc3Nc3ccc(C(F)(F)F)cn3)C2)C1. The molecule has 3 aliphatic rings. The number of nitrogens with one attached hydrogen (secondary N) is 2. The first-order valence-corrected chi connectivity index (χ1v) is 11.0. The monoisotopic (exact) mass is 459 g/mol. The zero-order valence-electron chi connectivity index (χ0n) is 17.9. The number of amides is 3. The molecule has 2 aliphatic heterocycles. The Balaban J connectivity index is 1.20. The molecule has 0 atom stereocenters. The first-order chi connectivity index (χ1) is 15.8. The van der Waals surface area contributed by atoms with Crippen molar-refractivity contribution in [3.8, 4) is 0 Å². The van der Waals surface area contributed by atoms with Gasteiger partial charge in [0.2, 0.25) is 5.91 Å². The predicted octanol–water partition coefficient (Wildman–Crippen LogP) is 3.53. The predicted molar refractivity (Wildman–Crippen MR) is 115 cm³/mol. The first-order valence-electron chi connectivity index (χ1n) is 11.0. The van der Waals surface area contributed by atoms with E-state index in [4.69, 9.17) is 0 Å². The van der Waals surface area contributed by atoms with E-state index in [9.17, 15) is 22.8 Å². The van der Waals surface area contributed by atoms with Crippen LogP contribution in [0.3, 0.4) is 0 Å². The Bertz CT molecular complexity index is 1060. The fourth-order valence-electron chi connectivity index (χ4n) is 4.24. The van der Waals surface area contributed by atoms with Crippen LogP contribution in [0.5, 0.6) is 0 Å². The second-order valence-electron chi connectivity index (χ2n) is 8.83. The van der Waals surface area contributed by atoms with Crippen LogP contribution in [0.15, 0.2) is 36.5 Å². The minimum atomic E-state index is -4.42. The highest BCUT2D eigenvalue weighted by Gasteiger charge is 2.40. The summed E-state index contributed by atoms with van der Waals surface area (Å²) in [5.74, 6) is 0.210. The normalized spacial score (nSPS) is 18.4. The van der Waals surface area contributed by atoms with Crippen molar-refractivity contribution < 1.29 is 22.8 Å². The summed E-state index contributed by atoms with van der Waals surface area (Å²) in [6.45, 7) is 1.91. The van der Waals surface area contributed by atoms with Crippen LogP contribution in [0.4, 0.5) is 29.5 Å². The Kier molecular flexibility index (Phi) is 5.38. The van der Waals surface area contributed by atoms with Gasteiger partial charge in [0.1, 0.15) is 5.82 Å². The second-order valence-corrected chi connectivity index (χ2v) is 8.83. The molecule has 3 heterocycles. The van der Waals surface area contributed by atoms with Crippen LogP contribution in [0.25, 0.3) is 0 Å². The van der Waals surface area contributed by atoms with Crippen molar-refractivity contribution in [2.24, 2.45) is 5.92 Å². The Hall–Kier alpha value is -3.30. The fourth-order valence-corrected chi connectivity index (χ4v) is 4.24. The van der Waals surface area contributed by atoms with Gasteiger partial charge in [-0.05, 0) is 48.6 Å². The van der Waals surface area contributed by atoms with Gasteiger partial charge in [0.05, 0.1) is 11.5 Å². The lowest BCUT2D eigenvalue weighted by molar-refractivity contribution is -0.140. The van der Waals surface area contributed by atoms with Crippen LogP contribution in [-0.4, -0.2) is 52.4 Å². The van der Waals surface area contributed by atoms with Gasteiger partial charge in [0.15, 0.2) is 0 Å². The molecule has 0 spiro atoms. The molecule has 174 valence electrons. The molecular weight excluding hydrogens is 435 g/mol. The second kappa shape index (κ2) is 8.24. The number of likely N-dealkylation sites (tertiary alicyclic amines) is 1. The van der Waals surface area contributed by atoms with Crippen LogP contribution in [-0.2, 0) is 23.9 Å². The molecule has 0 bridgehead atoms.